The van der Waals surface area contributed by atoms with Gasteiger partial charge in [-0.3, -0.25) is 4.79 Å². The lowest BCUT2D eigenvalue weighted by Gasteiger charge is -2.16. The molecule has 1 N–H and O–H groups in total. The molecule has 1 aromatic carbocycles. The lowest BCUT2D eigenvalue weighted by Crippen LogP contribution is -2.30. The highest BCUT2D eigenvalue weighted by atomic mass is 79.9. The van der Waals surface area contributed by atoms with Gasteiger partial charge in [0.05, 0.1) is 5.56 Å². The minimum Gasteiger partial charge on any atom is -0.352 e. The number of nitrogens with one attached hydrogen (secondary N) is 1. The molecule has 0 aliphatic carbocycles. The van der Waals surface area contributed by atoms with Crippen molar-refractivity contribution < 1.29 is 4.79 Å². The van der Waals surface area contributed by atoms with E-state index in [9.17, 15) is 4.79 Å². The Kier molecular flexibility index (Phi) is 5.19. The zero-order chi connectivity index (χ0) is 13.0. The predicted molar refractivity (Wildman–Crippen MR) is 75.2 cm³/mol. The van der Waals surface area contributed by atoms with E-state index in [-0.39, 0.29) is 5.91 Å². The molecule has 0 heterocycles. The van der Waals surface area contributed by atoms with E-state index in [1.54, 1.807) is 0 Å². The van der Waals surface area contributed by atoms with Gasteiger partial charge in [-0.15, -0.1) is 0 Å². The summed E-state index contributed by atoms with van der Waals surface area (Å²) in [5.41, 5.74) is 1.84. The highest BCUT2D eigenvalue weighted by Gasteiger charge is 2.12. The van der Waals surface area contributed by atoms with Crippen LogP contribution in [0.1, 0.15) is 36.7 Å². The van der Waals surface area contributed by atoms with Crippen LogP contribution < -0.4 is 5.32 Å². The molecule has 3 heteroatoms. The Morgan fingerprint density at radius 2 is 2.00 bits per heavy atom. The highest BCUT2D eigenvalue weighted by Crippen LogP contribution is 2.18. The maximum absolute atomic E-state index is 12.0. The van der Waals surface area contributed by atoms with Crippen molar-refractivity contribution in [2.75, 3.05) is 6.54 Å². The molecular formula is C14H20BrNO. The molecule has 94 valence electrons. The van der Waals surface area contributed by atoms with Gasteiger partial charge in [0.25, 0.3) is 5.91 Å². The van der Waals surface area contributed by atoms with Crippen LogP contribution in [0.4, 0.5) is 0 Å². The van der Waals surface area contributed by atoms with Crippen LogP contribution in [0.25, 0.3) is 0 Å². The molecule has 0 saturated carbocycles. The van der Waals surface area contributed by atoms with Gasteiger partial charge in [0.2, 0.25) is 0 Å². The second kappa shape index (κ2) is 6.20. The number of benzene rings is 1. The van der Waals surface area contributed by atoms with Crippen LogP contribution in [0.2, 0.25) is 0 Å². The van der Waals surface area contributed by atoms with Gasteiger partial charge < -0.3 is 5.32 Å². The third kappa shape index (κ3) is 4.15. The van der Waals surface area contributed by atoms with Gasteiger partial charge in [0, 0.05) is 11.0 Å². The molecule has 17 heavy (non-hydrogen) atoms. The molecule has 0 saturated heterocycles. The maximum atomic E-state index is 12.0. The molecule has 1 rings (SSSR count). The van der Waals surface area contributed by atoms with Gasteiger partial charge in [-0.2, -0.15) is 0 Å². The SMILES string of the molecule is Cc1ccc(C(=O)NCC(C)C(C)C)c(Br)c1. The Balaban J connectivity index is 2.64. The average Bonchev–Trinajstić information content (AvgIpc) is 2.25. The summed E-state index contributed by atoms with van der Waals surface area (Å²) in [5, 5.41) is 2.97. The molecule has 1 unspecified atom stereocenters. The van der Waals surface area contributed by atoms with Crippen LogP contribution >= 0.6 is 15.9 Å². The number of aryl methyl sites for hydroxylation is 1. The molecular weight excluding hydrogens is 278 g/mol. The van der Waals surface area contributed by atoms with Crippen LogP contribution in [0, 0.1) is 18.8 Å². The molecule has 1 amide bonds. The molecule has 0 aromatic heterocycles. The van der Waals surface area contributed by atoms with E-state index in [1.165, 1.54) is 0 Å². The van der Waals surface area contributed by atoms with Crippen molar-refractivity contribution in [3.63, 3.8) is 0 Å². The van der Waals surface area contributed by atoms with Gasteiger partial charge >= 0.3 is 0 Å². The number of amides is 1. The number of carbonyl (C=O) groups excluding carboxylic acids is 1. The summed E-state index contributed by atoms with van der Waals surface area (Å²) in [7, 11) is 0. The first-order valence-corrected chi connectivity index (χ1v) is 6.75. The lowest BCUT2D eigenvalue weighted by molar-refractivity contribution is 0.0944. The number of rotatable bonds is 4. The first kappa shape index (κ1) is 14.2. The monoisotopic (exact) mass is 297 g/mol. The van der Waals surface area contributed by atoms with E-state index in [0.717, 1.165) is 16.6 Å². The highest BCUT2D eigenvalue weighted by molar-refractivity contribution is 9.10. The molecule has 0 aliphatic heterocycles. The van der Waals surface area contributed by atoms with Gasteiger partial charge in [-0.1, -0.05) is 26.8 Å². The van der Waals surface area contributed by atoms with Crippen molar-refractivity contribution in [2.45, 2.75) is 27.7 Å². The second-order valence-electron chi connectivity index (χ2n) is 4.91. The van der Waals surface area contributed by atoms with E-state index in [0.29, 0.717) is 17.4 Å². The fraction of sp³-hybridized carbons (Fsp3) is 0.500. The van der Waals surface area contributed by atoms with Crippen molar-refractivity contribution in [3.8, 4) is 0 Å². The van der Waals surface area contributed by atoms with E-state index in [4.69, 9.17) is 0 Å². The first-order chi connectivity index (χ1) is 7.91. The fourth-order valence-electron chi connectivity index (χ4n) is 1.39. The van der Waals surface area contributed by atoms with Crippen molar-refractivity contribution in [2.24, 2.45) is 11.8 Å². The van der Waals surface area contributed by atoms with Crippen LogP contribution in [0.15, 0.2) is 22.7 Å². The van der Waals surface area contributed by atoms with Crippen molar-refractivity contribution in [1.82, 2.24) is 5.32 Å². The summed E-state index contributed by atoms with van der Waals surface area (Å²) in [4.78, 5) is 12.0. The molecule has 0 bridgehead atoms. The van der Waals surface area contributed by atoms with Crippen LogP contribution in [-0.2, 0) is 0 Å². The minimum atomic E-state index is -0.00984. The van der Waals surface area contributed by atoms with Crippen LogP contribution in [-0.4, -0.2) is 12.5 Å². The molecule has 0 aliphatic rings. The van der Waals surface area contributed by atoms with Crippen LogP contribution in [0.5, 0.6) is 0 Å². The minimum absolute atomic E-state index is 0.00984. The van der Waals surface area contributed by atoms with Crippen molar-refractivity contribution in [3.05, 3.63) is 33.8 Å². The number of hydrogen-bond acceptors (Lipinski definition) is 1. The number of carbonyl (C=O) groups is 1. The summed E-state index contributed by atoms with van der Waals surface area (Å²) >= 11 is 3.42. The Hall–Kier alpha value is -0.830. The molecule has 2 nitrogen and oxygen atoms in total. The van der Waals surface area contributed by atoms with Gasteiger partial charge in [0.15, 0.2) is 0 Å². The Morgan fingerprint density at radius 3 is 2.53 bits per heavy atom. The number of hydrogen-bond donors (Lipinski definition) is 1. The van der Waals surface area contributed by atoms with E-state index >= 15 is 0 Å². The smallest absolute Gasteiger partial charge is 0.252 e. The van der Waals surface area contributed by atoms with E-state index in [1.807, 2.05) is 25.1 Å². The van der Waals surface area contributed by atoms with Crippen molar-refractivity contribution >= 4 is 21.8 Å². The lowest BCUT2D eigenvalue weighted by atomic mass is 9.98. The third-order valence-electron chi connectivity index (χ3n) is 3.09. The molecule has 1 aromatic rings. The zero-order valence-electron chi connectivity index (χ0n) is 10.9. The Bertz CT molecular complexity index is 401. The van der Waals surface area contributed by atoms with Crippen molar-refractivity contribution in [1.29, 1.82) is 0 Å². The summed E-state index contributed by atoms with van der Waals surface area (Å²) < 4.78 is 0.854. The van der Waals surface area contributed by atoms with Gasteiger partial charge in [-0.05, 0) is 52.4 Å². The van der Waals surface area contributed by atoms with Gasteiger partial charge in [0.1, 0.15) is 0 Å². The summed E-state index contributed by atoms with van der Waals surface area (Å²) in [6.45, 7) is 9.20. The maximum Gasteiger partial charge on any atom is 0.252 e. The largest absolute Gasteiger partial charge is 0.352 e. The normalized spacial score (nSPS) is 12.6. The topological polar surface area (TPSA) is 29.1 Å². The average molecular weight is 298 g/mol. The Morgan fingerprint density at radius 1 is 1.35 bits per heavy atom. The fourth-order valence-corrected chi connectivity index (χ4v) is 2.06. The third-order valence-corrected chi connectivity index (χ3v) is 3.75. The molecule has 0 radical (unpaired) electrons. The standard InChI is InChI=1S/C14H20BrNO/c1-9(2)11(4)8-16-14(17)12-6-5-10(3)7-13(12)15/h5-7,9,11H,8H2,1-4H3,(H,16,17). The predicted octanol–water partition coefficient (Wildman–Crippen LogP) is 3.78. The molecule has 0 spiro atoms. The quantitative estimate of drug-likeness (QED) is 0.900. The zero-order valence-corrected chi connectivity index (χ0v) is 12.5. The summed E-state index contributed by atoms with van der Waals surface area (Å²) in [6.07, 6.45) is 0. The molecule has 0 fully saturated rings. The Labute approximate surface area is 112 Å². The second-order valence-corrected chi connectivity index (χ2v) is 5.77. The molecule has 1 atom stereocenters. The van der Waals surface area contributed by atoms with Crippen LogP contribution in [0.3, 0.4) is 0 Å². The van der Waals surface area contributed by atoms with E-state index < -0.39 is 0 Å². The summed E-state index contributed by atoms with van der Waals surface area (Å²) in [5.74, 6) is 1.06. The van der Waals surface area contributed by atoms with E-state index in [2.05, 4.69) is 42.0 Å². The summed E-state index contributed by atoms with van der Waals surface area (Å²) in [6, 6.07) is 5.77. The number of halogens is 1. The first-order valence-electron chi connectivity index (χ1n) is 5.96. The van der Waals surface area contributed by atoms with Gasteiger partial charge in [-0.25, -0.2) is 0 Å².